The van der Waals surface area contributed by atoms with Crippen LogP contribution in [0.5, 0.6) is 0 Å². The molecule has 0 aliphatic carbocycles. The average Bonchev–Trinajstić information content (AvgIpc) is 2.93. The molecular weight excluding hydrogens is 305 g/mol. The number of aromatic amines is 1. The zero-order chi connectivity index (χ0) is 14.8. The first-order valence-electron chi connectivity index (χ1n) is 6.82. The monoisotopic (exact) mass is 319 g/mol. The third-order valence-corrected chi connectivity index (χ3v) is 4.09. The summed E-state index contributed by atoms with van der Waals surface area (Å²) in [5.41, 5.74) is 3.09. The van der Waals surface area contributed by atoms with Crippen molar-refractivity contribution in [2.75, 3.05) is 5.32 Å². The second-order valence-corrected chi connectivity index (χ2v) is 5.79. The normalized spacial score (nSPS) is 12.5. The van der Waals surface area contributed by atoms with Crippen molar-refractivity contribution < 1.29 is 0 Å². The Labute approximate surface area is 133 Å². The van der Waals surface area contributed by atoms with Gasteiger partial charge in [0.25, 0.3) is 0 Å². The number of halogens is 2. The average molecular weight is 320 g/mol. The van der Waals surface area contributed by atoms with Crippen molar-refractivity contribution in [3.05, 3.63) is 58.2 Å². The van der Waals surface area contributed by atoms with Crippen molar-refractivity contribution in [3.8, 4) is 0 Å². The first-order chi connectivity index (χ1) is 10.2. The Balaban J connectivity index is 1.89. The van der Waals surface area contributed by atoms with E-state index in [9.17, 15) is 0 Å². The topological polar surface area (TPSA) is 40.7 Å². The molecule has 108 valence electrons. The van der Waals surface area contributed by atoms with Gasteiger partial charge in [-0.2, -0.15) is 5.10 Å². The minimum atomic E-state index is 0.134. The Morgan fingerprint density at radius 3 is 2.81 bits per heavy atom. The SMILES string of the molecule is CCC(Nc1ccc2cn[nH]c2c1)c1ccc(Cl)cc1Cl. The van der Waals surface area contributed by atoms with Gasteiger partial charge in [-0.3, -0.25) is 5.10 Å². The van der Waals surface area contributed by atoms with Crippen LogP contribution >= 0.6 is 23.2 Å². The summed E-state index contributed by atoms with van der Waals surface area (Å²) in [7, 11) is 0. The van der Waals surface area contributed by atoms with Crippen LogP contribution in [0.1, 0.15) is 24.9 Å². The van der Waals surface area contributed by atoms with Crippen LogP contribution < -0.4 is 5.32 Å². The van der Waals surface area contributed by atoms with E-state index < -0.39 is 0 Å². The molecule has 3 rings (SSSR count). The zero-order valence-electron chi connectivity index (χ0n) is 11.5. The molecule has 1 heterocycles. The minimum absolute atomic E-state index is 0.134. The fraction of sp³-hybridized carbons (Fsp3) is 0.188. The molecule has 0 aliphatic heterocycles. The van der Waals surface area contributed by atoms with Crippen molar-refractivity contribution >= 4 is 39.8 Å². The van der Waals surface area contributed by atoms with E-state index >= 15 is 0 Å². The van der Waals surface area contributed by atoms with Gasteiger partial charge in [-0.1, -0.05) is 36.2 Å². The lowest BCUT2D eigenvalue weighted by Crippen LogP contribution is -2.10. The van der Waals surface area contributed by atoms with Crippen LogP contribution in [0.15, 0.2) is 42.6 Å². The third-order valence-electron chi connectivity index (χ3n) is 3.53. The van der Waals surface area contributed by atoms with Gasteiger partial charge < -0.3 is 5.32 Å². The van der Waals surface area contributed by atoms with Crippen molar-refractivity contribution in [1.82, 2.24) is 10.2 Å². The first kappa shape index (κ1) is 14.2. The Morgan fingerprint density at radius 2 is 2.05 bits per heavy atom. The van der Waals surface area contributed by atoms with E-state index in [1.165, 1.54) is 0 Å². The van der Waals surface area contributed by atoms with E-state index in [-0.39, 0.29) is 6.04 Å². The summed E-state index contributed by atoms with van der Waals surface area (Å²) in [5, 5.41) is 13.0. The van der Waals surface area contributed by atoms with E-state index in [2.05, 4.69) is 28.5 Å². The maximum atomic E-state index is 6.31. The highest BCUT2D eigenvalue weighted by molar-refractivity contribution is 6.35. The fourth-order valence-corrected chi connectivity index (χ4v) is 2.95. The zero-order valence-corrected chi connectivity index (χ0v) is 13.0. The first-order valence-corrected chi connectivity index (χ1v) is 7.57. The van der Waals surface area contributed by atoms with Crippen LogP contribution in [0.25, 0.3) is 10.9 Å². The van der Waals surface area contributed by atoms with Crippen LogP contribution in [0.2, 0.25) is 10.0 Å². The fourth-order valence-electron chi connectivity index (χ4n) is 2.41. The van der Waals surface area contributed by atoms with Crippen molar-refractivity contribution in [1.29, 1.82) is 0 Å². The number of hydrogen-bond acceptors (Lipinski definition) is 2. The molecule has 1 atom stereocenters. The van der Waals surface area contributed by atoms with Gasteiger partial charge in [0, 0.05) is 21.1 Å². The summed E-state index contributed by atoms with van der Waals surface area (Å²) >= 11 is 12.3. The standard InChI is InChI=1S/C16H15Cl2N3/c1-2-15(13-6-4-11(17)7-14(13)18)20-12-5-3-10-9-19-21-16(10)8-12/h3-9,15,20H,2H2,1H3,(H,19,21). The van der Waals surface area contributed by atoms with Gasteiger partial charge in [0.1, 0.15) is 0 Å². The summed E-state index contributed by atoms with van der Waals surface area (Å²) in [5.74, 6) is 0. The van der Waals surface area contributed by atoms with E-state index in [4.69, 9.17) is 23.2 Å². The molecule has 0 saturated heterocycles. The number of anilines is 1. The van der Waals surface area contributed by atoms with Crippen LogP contribution in [0, 0.1) is 0 Å². The number of nitrogens with zero attached hydrogens (tertiary/aromatic N) is 1. The smallest absolute Gasteiger partial charge is 0.0670 e. The van der Waals surface area contributed by atoms with Gasteiger partial charge in [-0.05, 0) is 42.3 Å². The molecule has 0 radical (unpaired) electrons. The van der Waals surface area contributed by atoms with Gasteiger partial charge in [-0.15, -0.1) is 0 Å². The quantitative estimate of drug-likeness (QED) is 0.672. The lowest BCUT2D eigenvalue weighted by atomic mass is 10.0. The molecule has 0 fully saturated rings. The number of fused-ring (bicyclic) bond motifs is 1. The molecule has 2 aromatic carbocycles. The van der Waals surface area contributed by atoms with Crippen molar-refractivity contribution in [2.24, 2.45) is 0 Å². The number of rotatable bonds is 4. The predicted octanol–water partition coefficient (Wildman–Crippen LogP) is 5.43. The predicted molar refractivity (Wildman–Crippen MR) is 89.2 cm³/mol. The molecule has 0 amide bonds. The highest BCUT2D eigenvalue weighted by Crippen LogP contribution is 2.31. The summed E-state index contributed by atoms with van der Waals surface area (Å²) < 4.78 is 0. The molecule has 5 heteroatoms. The van der Waals surface area contributed by atoms with Gasteiger partial charge >= 0.3 is 0 Å². The molecule has 0 spiro atoms. The highest BCUT2D eigenvalue weighted by Gasteiger charge is 2.13. The number of benzene rings is 2. The Morgan fingerprint density at radius 1 is 1.19 bits per heavy atom. The molecule has 0 aliphatic rings. The van der Waals surface area contributed by atoms with Crippen LogP contribution in [0.4, 0.5) is 5.69 Å². The Kier molecular flexibility index (Phi) is 4.04. The summed E-state index contributed by atoms with van der Waals surface area (Å²) in [4.78, 5) is 0. The third kappa shape index (κ3) is 2.99. The van der Waals surface area contributed by atoms with E-state index in [0.29, 0.717) is 10.0 Å². The van der Waals surface area contributed by atoms with Crippen LogP contribution in [-0.4, -0.2) is 10.2 Å². The second kappa shape index (κ2) is 5.96. The number of hydrogen-bond donors (Lipinski definition) is 2. The Hall–Kier alpha value is -1.71. The minimum Gasteiger partial charge on any atom is -0.378 e. The second-order valence-electron chi connectivity index (χ2n) is 4.94. The molecule has 3 aromatic rings. The van der Waals surface area contributed by atoms with E-state index in [1.54, 1.807) is 6.07 Å². The maximum absolute atomic E-state index is 6.31. The molecular formula is C16H15Cl2N3. The molecule has 1 aromatic heterocycles. The Bertz CT molecular complexity index is 767. The number of aromatic nitrogens is 2. The maximum Gasteiger partial charge on any atom is 0.0670 e. The molecule has 1 unspecified atom stereocenters. The molecule has 0 saturated carbocycles. The van der Waals surface area contributed by atoms with E-state index in [1.807, 2.05) is 30.5 Å². The lowest BCUT2D eigenvalue weighted by Gasteiger charge is -2.20. The largest absolute Gasteiger partial charge is 0.378 e. The molecule has 3 nitrogen and oxygen atoms in total. The molecule has 21 heavy (non-hydrogen) atoms. The lowest BCUT2D eigenvalue weighted by molar-refractivity contribution is 0.750. The van der Waals surface area contributed by atoms with Crippen LogP contribution in [-0.2, 0) is 0 Å². The summed E-state index contributed by atoms with van der Waals surface area (Å²) in [6, 6.07) is 11.9. The van der Waals surface area contributed by atoms with Gasteiger partial charge in [0.05, 0.1) is 17.8 Å². The highest BCUT2D eigenvalue weighted by atomic mass is 35.5. The molecule has 2 N–H and O–H groups in total. The van der Waals surface area contributed by atoms with Gasteiger partial charge in [0.15, 0.2) is 0 Å². The molecule has 0 bridgehead atoms. The van der Waals surface area contributed by atoms with Crippen molar-refractivity contribution in [3.63, 3.8) is 0 Å². The van der Waals surface area contributed by atoms with Crippen LogP contribution in [0.3, 0.4) is 0 Å². The van der Waals surface area contributed by atoms with Gasteiger partial charge in [-0.25, -0.2) is 0 Å². The number of H-pyrrole nitrogens is 1. The number of nitrogens with one attached hydrogen (secondary N) is 2. The summed E-state index contributed by atoms with van der Waals surface area (Å²) in [6.45, 7) is 2.12. The summed E-state index contributed by atoms with van der Waals surface area (Å²) in [6.07, 6.45) is 2.73. The van der Waals surface area contributed by atoms with Crippen molar-refractivity contribution in [2.45, 2.75) is 19.4 Å². The van der Waals surface area contributed by atoms with E-state index in [0.717, 1.165) is 28.6 Å². The van der Waals surface area contributed by atoms with Gasteiger partial charge in [0.2, 0.25) is 0 Å².